The molecule has 2 aromatic rings. The molecule has 0 bridgehead atoms. The molecule has 0 aliphatic heterocycles. The lowest BCUT2D eigenvalue weighted by molar-refractivity contribution is -0.138. The van der Waals surface area contributed by atoms with Crippen LogP contribution in [0.1, 0.15) is 12.8 Å². The molecule has 0 aromatic heterocycles. The summed E-state index contributed by atoms with van der Waals surface area (Å²) >= 11 is 0. The number of carbonyl (C=O) groups is 1. The Morgan fingerprint density at radius 1 is 1.13 bits per heavy atom. The van der Waals surface area contributed by atoms with E-state index < -0.39 is 12.0 Å². The minimum Gasteiger partial charge on any atom is -0.480 e. The van der Waals surface area contributed by atoms with Crippen LogP contribution in [0.4, 0.5) is 5.69 Å². The smallest absolute Gasteiger partial charge is 0.320 e. The first-order valence-corrected chi connectivity index (χ1v) is 7.18. The largest absolute Gasteiger partial charge is 0.480 e. The van der Waals surface area contributed by atoms with Crippen molar-refractivity contribution in [3.05, 3.63) is 42.5 Å². The summed E-state index contributed by atoms with van der Waals surface area (Å²) in [6.07, 6.45) is 0.956. The van der Waals surface area contributed by atoms with Crippen LogP contribution in [-0.4, -0.2) is 29.6 Å². The van der Waals surface area contributed by atoms with Crippen LogP contribution in [0, 0.1) is 0 Å². The number of rotatable bonds is 5. The van der Waals surface area contributed by atoms with E-state index in [0.717, 1.165) is 5.69 Å². The van der Waals surface area contributed by atoms with E-state index in [-0.39, 0.29) is 5.96 Å². The molecular weight excluding hydrogens is 294 g/mol. The maximum absolute atomic E-state index is 10.2. The molecule has 1 unspecified atom stereocenters. The molecule has 0 fully saturated rings. The number of nitrogen functional groups attached to an aromatic ring is 1. The van der Waals surface area contributed by atoms with Gasteiger partial charge in [0.05, 0.1) is 0 Å². The van der Waals surface area contributed by atoms with Crippen LogP contribution in [-0.2, 0) is 4.79 Å². The van der Waals surface area contributed by atoms with E-state index in [1.165, 1.54) is 10.8 Å². The normalized spacial score (nSPS) is 11.2. The fourth-order valence-corrected chi connectivity index (χ4v) is 1.85. The van der Waals surface area contributed by atoms with Crippen LogP contribution in [0.5, 0.6) is 0 Å². The molecule has 0 amide bonds. The third-order valence-corrected chi connectivity index (χ3v) is 3.06. The maximum Gasteiger partial charge on any atom is 0.320 e. The number of aliphatic carboxylic acids is 1. The van der Waals surface area contributed by atoms with Gasteiger partial charge in [0.25, 0.3) is 0 Å². The molecule has 0 aliphatic carbocycles. The Morgan fingerprint density at radius 3 is 2.39 bits per heavy atom. The SMILES string of the molecule is NC(N)=NCCCC(N)C(=O)O.Nc1ccc2ccccc2c1. The zero-order chi connectivity index (χ0) is 17.2. The van der Waals surface area contributed by atoms with Crippen LogP contribution in [0.15, 0.2) is 47.5 Å². The Bertz CT molecular complexity index is 668. The second-order valence-corrected chi connectivity index (χ2v) is 5.00. The van der Waals surface area contributed by atoms with Gasteiger partial charge < -0.3 is 28.0 Å². The number of fused-ring (bicyclic) bond motifs is 1. The number of carboxylic acid groups (broad SMARTS) is 1. The Labute approximate surface area is 135 Å². The zero-order valence-electron chi connectivity index (χ0n) is 12.9. The van der Waals surface area contributed by atoms with Crippen molar-refractivity contribution in [2.45, 2.75) is 18.9 Å². The van der Waals surface area contributed by atoms with Crippen molar-refractivity contribution >= 4 is 28.4 Å². The molecule has 0 spiro atoms. The fraction of sp³-hybridized carbons (Fsp3) is 0.250. The van der Waals surface area contributed by atoms with Gasteiger partial charge in [-0.2, -0.15) is 0 Å². The quantitative estimate of drug-likeness (QED) is 0.239. The molecule has 7 heteroatoms. The summed E-state index contributed by atoms with van der Waals surface area (Å²) < 4.78 is 0. The number of anilines is 1. The standard InChI is InChI=1S/C10H9N.C6H14N4O2/c11-10-6-5-8-3-1-2-4-9(8)7-10;7-4(5(11)12)2-1-3-10-6(8)9/h1-7H,11H2;4H,1-3,7H2,(H,11,12)(H4,8,9,10). The third kappa shape index (κ3) is 7.14. The molecule has 2 aromatic carbocycles. The summed E-state index contributed by atoms with van der Waals surface area (Å²) in [5.74, 6) is -0.987. The number of guanidine groups is 1. The van der Waals surface area contributed by atoms with Gasteiger partial charge in [-0.15, -0.1) is 0 Å². The van der Waals surface area contributed by atoms with Crippen LogP contribution in [0.2, 0.25) is 0 Å². The second-order valence-electron chi connectivity index (χ2n) is 5.00. The van der Waals surface area contributed by atoms with Crippen LogP contribution < -0.4 is 22.9 Å². The lowest BCUT2D eigenvalue weighted by Gasteiger charge is -2.03. The highest BCUT2D eigenvalue weighted by Crippen LogP contribution is 2.15. The minimum absolute atomic E-state index is 0.0129. The number of carboxylic acids is 1. The van der Waals surface area contributed by atoms with E-state index in [0.29, 0.717) is 19.4 Å². The van der Waals surface area contributed by atoms with Gasteiger partial charge in [-0.1, -0.05) is 30.3 Å². The molecule has 0 heterocycles. The van der Waals surface area contributed by atoms with Gasteiger partial charge in [-0.3, -0.25) is 9.79 Å². The highest BCUT2D eigenvalue weighted by atomic mass is 16.4. The number of hydrogen-bond donors (Lipinski definition) is 5. The van der Waals surface area contributed by atoms with Gasteiger partial charge in [-0.25, -0.2) is 0 Å². The van der Waals surface area contributed by atoms with Crippen molar-refractivity contribution in [3.8, 4) is 0 Å². The van der Waals surface area contributed by atoms with Gasteiger partial charge in [0.15, 0.2) is 5.96 Å². The van der Waals surface area contributed by atoms with Crippen molar-refractivity contribution in [1.82, 2.24) is 0 Å². The third-order valence-electron chi connectivity index (χ3n) is 3.06. The van der Waals surface area contributed by atoms with Crippen LogP contribution in [0.25, 0.3) is 10.8 Å². The van der Waals surface area contributed by atoms with E-state index in [9.17, 15) is 4.79 Å². The number of aliphatic imine (C=N–C) groups is 1. The van der Waals surface area contributed by atoms with Gasteiger partial charge in [0.1, 0.15) is 6.04 Å². The Balaban J connectivity index is 0.000000230. The van der Waals surface area contributed by atoms with Gasteiger partial charge in [0.2, 0.25) is 0 Å². The van der Waals surface area contributed by atoms with E-state index in [2.05, 4.69) is 17.1 Å². The topological polar surface area (TPSA) is 154 Å². The number of hydrogen-bond acceptors (Lipinski definition) is 4. The number of nitrogens with two attached hydrogens (primary N) is 4. The molecule has 23 heavy (non-hydrogen) atoms. The van der Waals surface area contributed by atoms with Gasteiger partial charge >= 0.3 is 5.97 Å². The van der Waals surface area contributed by atoms with Crippen LogP contribution >= 0.6 is 0 Å². The van der Waals surface area contributed by atoms with Crippen molar-refractivity contribution < 1.29 is 9.90 Å². The second kappa shape index (κ2) is 9.26. The summed E-state index contributed by atoms with van der Waals surface area (Å²) in [6.45, 7) is 0.420. The zero-order valence-corrected chi connectivity index (χ0v) is 12.9. The van der Waals surface area contributed by atoms with Crippen molar-refractivity contribution in [1.29, 1.82) is 0 Å². The molecule has 124 valence electrons. The first kappa shape index (κ1) is 18.2. The average molecular weight is 317 g/mol. The molecule has 0 saturated heterocycles. The fourth-order valence-electron chi connectivity index (χ4n) is 1.85. The summed E-state index contributed by atoms with van der Waals surface area (Å²) in [5, 5.41) is 10.8. The van der Waals surface area contributed by atoms with Crippen molar-refractivity contribution in [2.75, 3.05) is 12.3 Å². The maximum atomic E-state index is 10.2. The first-order valence-electron chi connectivity index (χ1n) is 7.18. The number of benzene rings is 2. The van der Waals surface area contributed by atoms with E-state index >= 15 is 0 Å². The van der Waals surface area contributed by atoms with Crippen molar-refractivity contribution in [2.24, 2.45) is 22.2 Å². The van der Waals surface area contributed by atoms with E-state index in [1.54, 1.807) is 0 Å². The predicted octanol–water partition coefficient (Wildman–Crippen LogP) is 0.874. The summed E-state index contributed by atoms with van der Waals surface area (Å²) in [4.78, 5) is 13.9. The number of nitrogens with zero attached hydrogens (tertiary/aromatic N) is 1. The van der Waals surface area contributed by atoms with Crippen LogP contribution in [0.3, 0.4) is 0 Å². The van der Waals surface area contributed by atoms with Gasteiger partial charge in [-0.05, 0) is 35.7 Å². The summed E-state index contributed by atoms with van der Waals surface area (Å²) in [7, 11) is 0. The molecule has 1 atom stereocenters. The summed E-state index contributed by atoms with van der Waals surface area (Å²) in [5.41, 5.74) is 21.8. The van der Waals surface area contributed by atoms with Gasteiger partial charge in [0, 0.05) is 12.2 Å². The summed E-state index contributed by atoms with van der Waals surface area (Å²) in [6, 6.07) is 13.3. The monoisotopic (exact) mass is 317 g/mol. The lowest BCUT2D eigenvalue weighted by atomic mass is 10.1. The lowest BCUT2D eigenvalue weighted by Crippen LogP contribution is -2.30. The predicted molar refractivity (Wildman–Crippen MR) is 93.9 cm³/mol. The Hall–Kier alpha value is -2.80. The van der Waals surface area contributed by atoms with Crippen molar-refractivity contribution in [3.63, 3.8) is 0 Å². The Kier molecular flexibility index (Phi) is 7.35. The van der Waals surface area contributed by atoms with E-state index in [1.807, 2.05) is 30.3 Å². The minimum atomic E-state index is -1.00. The molecule has 0 saturated carbocycles. The highest BCUT2D eigenvalue weighted by Gasteiger charge is 2.09. The molecular formula is C16H23N5O2. The molecule has 0 radical (unpaired) electrons. The molecule has 2 rings (SSSR count). The Morgan fingerprint density at radius 2 is 1.78 bits per heavy atom. The van der Waals surface area contributed by atoms with E-state index in [4.69, 9.17) is 28.0 Å². The first-order chi connectivity index (χ1) is 10.9. The molecule has 7 nitrogen and oxygen atoms in total. The average Bonchev–Trinajstić information content (AvgIpc) is 2.51. The molecule has 9 N–H and O–H groups in total. The highest BCUT2D eigenvalue weighted by molar-refractivity contribution is 5.85. The molecule has 0 aliphatic rings.